The molecule has 1 atom stereocenters. The van der Waals surface area contributed by atoms with Gasteiger partial charge in [-0.3, -0.25) is 4.79 Å². The van der Waals surface area contributed by atoms with E-state index in [0.29, 0.717) is 11.1 Å². The Morgan fingerprint density at radius 1 is 0.972 bits per heavy atom. The number of aliphatic hydroxyl groups excluding tert-OH is 1. The lowest BCUT2D eigenvalue weighted by Crippen LogP contribution is -2.35. The fourth-order valence-corrected chi connectivity index (χ4v) is 6.08. The first-order valence-corrected chi connectivity index (χ1v) is 12.3. The number of hydrogen-bond donors (Lipinski definition) is 1. The van der Waals surface area contributed by atoms with Crippen molar-refractivity contribution in [1.82, 2.24) is 4.57 Å². The van der Waals surface area contributed by atoms with E-state index in [0.717, 1.165) is 40.0 Å². The maximum absolute atomic E-state index is 13.6. The number of hydrogen-bond acceptors (Lipinski definition) is 2. The molecule has 0 saturated heterocycles. The molecule has 1 aromatic heterocycles. The summed E-state index contributed by atoms with van der Waals surface area (Å²) in [7, 11) is 4.04. The fraction of sp³-hybridized carbons (Fsp3) is 0.188. The fourth-order valence-electron chi connectivity index (χ4n) is 6.08. The van der Waals surface area contributed by atoms with Gasteiger partial charge in [-0.05, 0) is 31.9 Å². The number of ketones is 1. The maximum atomic E-state index is 13.6. The number of carbonyl (C=O) groups is 1. The van der Waals surface area contributed by atoms with Crippen LogP contribution in [0.4, 0.5) is 5.69 Å². The third-order valence-electron chi connectivity index (χ3n) is 8.08. The Bertz CT molecular complexity index is 1670. The van der Waals surface area contributed by atoms with Gasteiger partial charge in [0.15, 0.2) is 5.71 Å². The quantitative estimate of drug-likeness (QED) is 0.284. The Morgan fingerprint density at radius 3 is 2.39 bits per heavy atom. The van der Waals surface area contributed by atoms with E-state index in [1.165, 1.54) is 11.1 Å². The highest BCUT2D eigenvalue weighted by atomic mass is 16.3. The molecule has 1 aliphatic heterocycles. The molecule has 178 valence electrons. The lowest BCUT2D eigenvalue weighted by Gasteiger charge is -2.25. The normalized spacial score (nSPS) is 20.4. The van der Waals surface area contributed by atoms with Gasteiger partial charge in [0.1, 0.15) is 12.8 Å². The van der Waals surface area contributed by atoms with Crippen LogP contribution in [-0.2, 0) is 23.7 Å². The minimum atomic E-state index is -0.342. The minimum absolute atomic E-state index is 0.0818. The van der Waals surface area contributed by atoms with Crippen molar-refractivity contribution in [2.75, 3.05) is 7.05 Å². The molecule has 3 aromatic carbocycles. The average molecular weight is 474 g/mol. The van der Waals surface area contributed by atoms with Crippen LogP contribution in [-0.4, -0.2) is 32.8 Å². The van der Waals surface area contributed by atoms with E-state index in [2.05, 4.69) is 58.5 Å². The SMILES string of the molecule is Cc1c(C2=C(O)/C(=C/C3=[N+](C)c4ccccc4C3(C)Cc3ccccc3)C2=O)c2ccccc2n1C. The lowest BCUT2D eigenvalue weighted by atomic mass is 9.73. The number of aryl methyl sites for hydroxylation is 1. The summed E-state index contributed by atoms with van der Waals surface area (Å²) in [5.41, 5.74) is 7.89. The molecule has 0 bridgehead atoms. The summed E-state index contributed by atoms with van der Waals surface area (Å²) in [5.74, 6) is -0.0239. The molecule has 2 heterocycles. The second-order valence-corrected chi connectivity index (χ2v) is 10.1. The van der Waals surface area contributed by atoms with E-state index in [4.69, 9.17) is 0 Å². The summed E-state index contributed by atoms with van der Waals surface area (Å²) in [6.07, 6.45) is 2.70. The van der Waals surface area contributed by atoms with Gasteiger partial charge in [-0.25, -0.2) is 0 Å². The van der Waals surface area contributed by atoms with E-state index < -0.39 is 0 Å². The van der Waals surface area contributed by atoms with Crippen LogP contribution < -0.4 is 0 Å². The minimum Gasteiger partial charge on any atom is -0.506 e. The number of Topliss-reactive ketones (excluding diaryl/α,β-unsaturated/α-hetero) is 1. The molecule has 1 aliphatic carbocycles. The van der Waals surface area contributed by atoms with Gasteiger partial charge in [0.2, 0.25) is 11.5 Å². The molecule has 0 amide bonds. The molecule has 4 aromatic rings. The van der Waals surface area contributed by atoms with E-state index >= 15 is 0 Å². The maximum Gasteiger partial charge on any atom is 0.209 e. The molecule has 4 heteroatoms. The summed E-state index contributed by atoms with van der Waals surface area (Å²) in [4.78, 5) is 13.6. The topological polar surface area (TPSA) is 45.2 Å². The standard InChI is InChI=1S/C32H28N2O2/c1-20-28(22-14-8-10-16-25(22)33(20)3)29-30(35)23(31(29)36)18-27-32(2,19-21-12-6-5-7-13-21)24-15-9-11-17-26(24)34(27)4/h5-18H,19H2,1-4H3/p+1. The van der Waals surface area contributed by atoms with Gasteiger partial charge in [-0.15, -0.1) is 0 Å². The number of nitrogens with zero attached hydrogens (tertiary/aromatic N) is 2. The van der Waals surface area contributed by atoms with E-state index in [-0.39, 0.29) is 17.0 Å². The average Bonchev–Trinajstić information content (AvgIpc) is 3.26. The first-order chi connectivity index (χ1) is 17.3. The van der Waals surface area contributed by atoms with Gasteiger partial charge >= 0.3 is 0 Å². The highest BCUT2D eigenvalue weighted by Gasteiger charge is 2.48. The predicted molar refractivity (Wildman–Crippen MR) is 145 cm³/mol. The van der Waals surface area contributed by atoms with Gasteiger partial charge in [-0.1, -0.05) is 66.7 Å². The number of rotatable bonds is 4. The molecule has 0 saturated carbocycles. The summed E-state index contributed by atoms with van der Waals surface area (Å²) < 4.78 is 4.24. The largest absolute Gasteiger partial charge is 0.506 e. The number of para-hydroxylation sites is 2. The number of allylic oxidation sites excluding steroid dienone is 3. The van der Waals surface area contributed by atoms with Crippen LogP contribution in [0.2, 0.25) is 0 Å². The van der Waals surface area contributed by atoms with Crippen molar-refractivity contribution in [3.05, 3.63) is 119 Å². The Kier molecular flexibility index (Phi) is 4.91. The van der Waals surface area contributed by atoms with Crippen molar-refractivity contribution < 1.29 is 14.5 Å². The summed E-state index contributed by atoms with van der Waals surface area (Å²) in [6, 6.07) is 26.9. The Labute approximate surface area is 211 Å². The lowest BCUT2D eigenvalue weighted by molar-refractivity contribution is -0.401. The zero-order valence-corrected chi connectivity index (χ0v) is 21.0. The van der Waals surface area contributed by atoms with E-state index in [1.54, 1.807) is 0 Å². The molecule has 0 spiro atoms. The van der Waals surface area contributed by atoms with Crippen molar-refractivity contribution >= 4 is 33.7 Å². The van der Waals surface area contributed by atoms with E-state index in [1.807, 2.05) is 63.5 Å². The van der Waals surface area contributed by atoms with Gasteiger partial charge in [-0.2, -0.15) is 4.58 Å². The summed E-state index contributed by atoms with van der Waals surface area (Å²) >= 11 is 0. The van der Waals surface area contributed by atoms with E-state index in [9.17, 15) is 9.90 Å². The monoisotopic (exact) mass is 473 g/mol. The third kappa shape index (κ3) is 3.00. The Hall–Kier alpha value is -4.18. The molecule has 4 nitrogen and oxygen atoms in total. The molecule has 0 fully saturated rings. The predicted octanol–water partition coefficient (Wildman–Crippen LogP) is 6.19. The van der Waals surface area contributed by atoms with Gasteiger partial charge in [0.05, 0.1) is 16.6 Å². The molecule has 36 heavy (non-hydrogen) atoms. The van der Waals surface area contributed by atoms with Crippen LogP contribution in [0.25, 0.3) is 16.5 Å². The number of aliphatic hydroxyl groups is 1. The van der Waals surface area contributed by atoms with Crippen molar-refractivity contribution in [3.63, 3.8) is 0 Å². The molecular weight excluding hydrogens is 444 g/mol. The molecule has 6 rings (SSSR count). The first-order valence-electron chi connectivity index (χ1n) is 12.3. The molecule has 2 aliphatic rings. The summed E-state index contributed by atoms with van der Waals surface area (Å²) in [5, 5.41) is 12.2. The summed E-state index contributed by atoms with van der Waals surface area (Å²) in [6.45, 7) is 4.23. The van der Waals surface area contributed by atoms with Gasteiger partial charge < -0.3 is 9.67 Å². The molecule has 0 radical (unpaired) electrons. The van der Waals surface area contributed by atoms with Gasteiger partial charge in [0, 0.05) is 46.9 Å². The van der Waals surface area contributed by atoms with Crippen molar-refractivity contribution in [2.24, 2.45) is 7.05 Å². The van der Waals surface area contributed by atoms with Crippen LogP contribution in [0.15, 0.2) is 96.3 Å². The second-order valence-electron chi connectivity index (χ2n) is 10.1. The third-order valence-corrected chi connectivity index (χ3v) is 8.08. The van der Waals surface area contributed by atoms with Gasteiger partial charge in [0.25, 0.3) is 0 Å². The number of fused-ring (bicyclic) bond motifs is 2. The van der Waals surface area contributed by atoms with Crippen molar-refractivity contribution in [2.45, 2.75) is 25.7 Å². The van der Waals surface area contributed by atoms with Crippen molar-refractivity contribution in [3.8, 4) is 0 Å². The zero-order valence-electron chi connectivity index (χ0n) is 21.0. The Morgan fingerprint density at radius 2 is 1.64 bits per heavy atom. The highest BCUT2D eigenvalue weighted by Crippen LogP contribution is 2.45. The second kappa shape index (κ2) is 7.92. The Balaban J connectivity index is 1.49. The van der Waals surface area contributed by atoms with Crippen LogP contribution >= 0.6 is 0 Å². The van der Waals surface area contributed by atoms with Crippen LogP contribution in [0.5, 0.6) is 0 Å². The van der Waals surface area contributed by atoms with Crippen molar-refractivity contribution in [1.29, 1.82) is 0 Å². The van der Waals surface area contributed by atoms with Crippen LogP contribution in [0.1, 0.15) is 29.3 Å². The smallest absolute Gasteiger partial charge is 0.209 e. The number of aromatic nitrogens is 1. The van der Waals surface area contributed by atoms with Crippen LogP contribution in [0, 0.1) is 6.92 Å². The first kappa shape index (κ1) is 22.3. The number of carbonyl (C=O) groups excluding carboxylic acids is 1. The molecular formula is C32H29N2O2+. The molecule has 1 unspecified atom stereocenters. The zero-order chi connectivity index (χ0) is 25.2. The van der Waals surface area contributed by atoms with Crippen LogP contribution in [0.3, 0.4) is 0 Å². The highest BCUT2D eigenvalue weighted by molar-refractivity contribution is 6.41. The number of benzene rings is 3. The molecule has 1 N–H and O–H groups in total.